The van der Waals surface area contributed by atoms with E-state index in [4.69, 9.17) is 9.72 Å². The van der Waals surface area contributed by atoms with Gasteiger partial charge in [0.15, 0.2) is 5.82 Å². The maximum absolute atomic E-state index is 15.7. The number of nitrogens with zero attached hydrogens (tertiary/aromatic N) is 4. The molecular weight excluding hydrogens is 849 g/mol. The van der Waals surface area contributed by atoms with E-state index in [9.17, 15) is 27.6 Å². The second-order valence-electron chi connectivity index (χ2n) is 16.8. The molecule has 4 fully saturated rings. The Hall–Kier alpha value is -6.31. The number of anilines is 3. The zero-order chi connectivity index (χ0) is 44.5. The van der Waals surface area contributed by atoms with Crippen molar-refractivity contribution in [3.63, 3.8) is 0 Å². The molecule has 3 aromatic heterocycles. The number of halogens is 2. The standard InChI is InChI=1S/C45H47F2N9O7S/c46-35-8-9-36(54-64(61,62)56-15-1-2-16-56)42(47)41(35)43(59)34-25-50-44-33(34)20-28(24-49-44)27-5-11-38(48-23-27)55-17-13-31(14-18-55)63-32-21-30(22-32)52-40(58)19-26-3-6-29(7-4-26)51-37-10-12-39(57)53-45(37)60/h3-9,11,20,23-25,30-32,37,51,54H,1-2,10,12-19,21-22H2,(H,49,50)(H,52,58)(H,53,57,60)/t30-,32-,37?. The number of carbonyl (C=O) groups is 4. The lowest BCUT2D eigenvalue weighted by atomic mass is 9.88. The van der Waals surface area contributed by atoms with E-state index in [-0.39, 0.29) is 61.0 Å². The van der Waals surface area contributed by atoms with Gasteiger partial charge in [-0.25, -0.2) is 18.7 Å². The Balaban J connectivity index is 0.743. The predicted molar refractivity (Wildman–Crippen MR) is 234 cm³/mol. The van der Waals surface area contributed by atoms with Gasteiger partial charge in [0.1, 0.15) is 23.3 Å². The van der Waals surface area contributed by atoms with Gasteiger partial charge in [-0.2, -0.15) is 12.7 Å². The van der Waals surface area contributed by atoms with Crippen LogP contribution in [0.1, 0.15) is 72.9 Å². The van der Waals surface area contributed by atoms with Crippen LogP contribution in [0, 0.1) is 11.6 Å². The molecule has 4 aliphatic rings. The van der Waals surface area contributed by atoms with Crippen molar-refractivity contribution < 1.29 is 41.1 Å². The third kappa shape index (κ3) is 9.32. The molecule has 5 N–H and O–H groups in total. The lowest BCUT2D eigenvalue weighted by Gasteiger charge is -2.40. The number of fused-ring (bicyclic) bond motifs is 1. The van der Waals surface area contributed by atoms with E-state index in [0.717, 1.165) is 73.5 Å². The average Bonchev–Trinajstić information content (AvgIpc) is 3.98. The number of rotatable bonds is 14. The van der Waals surface area contributed by atoms with Crippen molar-refractivity contribution in [2.75, 3.05) is 41.1 Å². The van der Waals surface area contributed by atoms with Crippen molar-refractivity contribution >= 4 is 61.9 Å². The van der Waals surface area contributed by atoms with E-state index in [1.807, 2.05) is 36.4 Å². The van der Waals surface area contributed by atoms with Gasteiger partial charge in [0, 0.05) is 85.0 Å². The Labute approximate surface area is 367 Å². The van der Waals surface area contributed by atoms with E-state index in [1.165, 1.54) is 10.5 Å². The maximum atomic E-state index is 15.7. The molecule has 9 rings (SSSR count). The summed E-state index contributed by atoms with van der Waals surface area (Å²) in [6.45, 7) is 2.07. The van der Waals surface area contributed by atoms with Gasteiger partial charge in [0.25, 0.3) is 0 Å². The van der Waals surface area contributed by atoms with Crippen LogP contribution in [0.25, 0.3) is 22.2 Å². The quantitative estimate of drug-likeness (QED) is 0.0743. The highest BCUT2D eigenvalue weighted by atomic mass is 32.2. The molecule has 334 valence electrons. The topological polar surface area (TPSA) is 208 Å². The van der Waals surface area contributed by atoms with Crippen LogP contribution >= 0.6 is 0 Å². The molecule has 19 heteroatoms. The first kappa shape index (κ1) is 43.0. The third-order valence-corrected chi connectivity index (χ3v) is 13.9. The molecule has 1 saturated carbocycles. The molecule has 6 heterocycles. The highest BCUT2D eigenvalue weighted by Crippen LogP contribution is 2.32. The first-order valence-electron chi connectivity index (χ1n) is 21.5. The summed E-state index contributed by atoms with van der Waals surface area (Å²) in [5, 5.41) is 8.91. The minimum absolute atomic E-state index is 0.0270. The van der Waals surface area contributed by atoms with Crippen molar-refractivity contribution in [1.82, 2.24) is 29.9 Å². The monoisotopic (exact) mass is 895 g/mol. The normalized spacial score (nSPS) is 20.8. The molecule has 0 bridgehead atoms. The summed E-state index contributed by atoms with van der Waals surface area (Å²) < 4.78 is 66.2. The summed E-state index contributed by atoms with van der Waals surface area (Å²) in [4.78, 5) is 64.1. The first-order chi connectivity index (χ1) is 30.9. The zero-order valence-corrected chi connectivity index (χ0v) is 35.6. The molecule has 3 saturated heterocycles. The summed E-state index contributed by atoms with van der Waals surface area (Å²) >= 11 is 0. The van der Waals surface area contributed by atoms with Crippen LogP contribution in [-0.4, -0.2) is 102 Å². The number of imide groups is 1. The third-order valence-electron chi connectivity index (χ3n) is 12.3. The minimum Gasteiger partial charge on any atom is -0.375 e. The van der Waals surface area contributed by atoms with Crippen LogP contribution in [-0.2, 0) is 35.8 Å². The fraction of sp³-hybridized carbons (Fsp3) is 0.378. The number of carbonyl (C=O) groups excluding carboxylic acids is 4. The number of aromatic amines is 1. The van der Waals surface area contributed by atoms with Gasteiger partial charge < -0.3 is 25.3 Å². The largest absolute Gasteiger partial charge is 0.375 e. The van der Waals surface area contributed by atoms with Crippen molar-refractivity contribution in [1.29, 1.82) is 0 Å². The Morgan fingerprint density at radius 1 is 0.875 bits per heavy atom. The molecule has 0 radical (unpaired) electrons. The van der Waals surface area contributed by atoms with Crippen LogP contribution < -0.4 is 25.6 Å². The molecule has 16 nitrogen and oxygen atoms in total. The van der Waals surface area contributed by atoms with Crippen LogP contribution in [0.3, 0.4) is 0 Å². The summed E-state index contributed by atoms with van der Waals surface area (Å²) in [7, 11) is -4.09. The fourth-order valence-corrected chi connectivity index (χ4v) is 10.0. The molecule has 5 aromatic rings. The number of aromatic nitrogens is 3. The number of ketones is 1. The van der Waals surface area contributed by atoms with Crippen molar-refractivity contribution in [3.8, 4) is 11.1 Å². The number of nitrogens with one attached hydrogen (secondary N) is 5. The minimum atomic E-state index is -4.09. The zero-order valence-electron chi connectivity index (χ0n) is 34.7. The van der Waals surface area contributed by atoms with Gasteiger partial charge in [-0.15, -0.1) is 0 Å². The number of pyridine rings is 2. The SMILES string of the molecule is O=C1CCC(Nc2ccc(CC(=O)N[C@H]3C[C@H](OC4CCN(c5ccc(-c6cnc7[nH]cc(C(=O)c8c(F)ccc(NS(=O)(=O)N9CCCC9)c8F)c7c6)cn5)CC4)C3)cc2)C(=O)N1. The number of piperidine rings is 2. The van der Waals surface area contributed by atoms with Gasteiger partial charge in [-0.1, -0.05) is 12.1 Å². The van der Waals surface area contributed by atoms with Gasteiger partial charge in [0.05, 0.1) is 29.9 Å². The second kappa shape index (κ2) is 18.1. The summed E-state index contributed by atoms with van der Waals surface area (Å²) in [5.74, 6) is -3.25. The number of hydrogen-bond donors (Lipinski definition) is 5. The summed E-state index contributed by atoms with van der Waals surface area (Å²) in [5.41, 5.74) is 1.85. The Morgan fingerprint density at radius 3 is 2.34 bits per heavy atom. The molecule has 2 aromatic carbocycles. The number of benzene rings is 2. The average molecular weight is 896 g/mol. The van der Waals surface area contributed by atoms with Crippen LogP contribution in [0.15, 0.2) is 73.2 Å². The molecule has 64 heavy (non-hydrogen) atoms. The molecule has 3 aliphatic heterocycles. The van der Waals surface area contributed by atoms with Crippen molar-refractivity contribution in [2.24, 2.45) is 0 Å². The molecule has 0 spiro atoms. The van der Waals surface area contributed by atoms with E-state index in [1.54, 1.807) is 18.5 Å². The summed E-state index contributed by atoms with van der Waals surface area (Å²) in [6, 6.07) is 14.3. The lowest BCUT2D eigenvalue weighted by molar-refractivity contribution is -0.133. The lowest BCUT2D eigenvalue weighted by Crippen LogP contribution is -2.50. The number of hydrogen-bond acceptors (Lipinski definition) is 11. The first-order valence-corrected chi connectivity index (χ1v) is 22.9. The highest BCUT2D eigenvalue weighted by molar-refractivity contribution is 7.90. The van der Waals surface area contributed by atoms with E-state index >= 15 is 8.78 Å². The molecular formula is C45H47F2N9O7S. The van der Waals surface area contributed by atoms with Gasteiger partial charge in [-0.3, -0.25) is 29.2 Å². The highest BCUT2D eigenvalue weighted by Gasteiger charge is 2.35. The summed E-state index contributed by atoms with van der Waals surface area (Å²) in [6.07, 6.45) is 10.3. The van der Waals surface area contributed by atoms with E-state index in [0.29, 0.717) is 42.3 Å². The predicted octanol–water partition coefficient (Wildman–Crippen LogP) is 4.98. The van der Waals surface area contributed by atoms with Crippen LogP contribution in [0.5, 0.6) is 0 Å². The molecule has 1 aliphatic carbocycles. The molecule has 3 amide bonds. The maximum Gasteiger partial charge on any atom is 0.301 e. The number of amides is 3. The van der Waals surface area contributed by atoms with Crippen molar-refractivity contribution in [2.45, 2.75) is 82.1 Å². The Kier molecular flexibility index (Phi) is 12.1. The smallest absolute Gasteiger partial charge is 0.301 e. The second-order valence-corrected chi connectivity index (χ2v) is 18.4. The van der Waals surface area contributed by atoms with Gasteiger partial charge in [0.2, 0.25) is 23.5 Å². The van der Waals surface area contributed by atoms with Crippen LogP contribution in [0.4, 0.5) is 26.0 Å². The van der Waals surface area contributed by atoms with E-state index < -0.39 is 44.9 Å². The van der Waals surface area contributed by atoms with Gasteiger partial charge >= 0.3 is 10.2 Å². The Morgan fingerprint density at radius 2 is 1.62 bits per heavy atom. The van der Waals surface area contributed by atoms with Gasteiger partial charge in [-0.05, 0) is 93.0 Å². The Bertz CT molecular complexity index is 2700. The number of ether oxygens (including phenoxy) is 1. The molecule has 1 atom stereocenters. The fourth-order valence-electron chi connectivity index (χ4n) is 8.70. The van der Waals surface area contributed by atoms with E-state index in [2.05, 4.69) is 35.5 Å². The van der Waals surface area contributed by atoms with Crippen molar-refractivity contribution in [3.05, 3.63) is 102 Å². The van der Waals surface area contributed by atoms with Crippen LogP contribution in [0.2, 0.25) is 0 Å². The molecule has 1 unspecified atom stereocenters. The number of H-pyrrole nitrogens is 1.